The second kappa shape index (κ2) is 8.79. The van der Waals surface area contributed by atoms with Gasteiger partial charge in [-0.25, -0.2) is 9.07 Å². The average molecular weight is 466 g/mol. The summed E-state index contributed by atoms with van der Waals surface area (Å²) in [6, 6.07) is 19.6. The highest BCUT2D eigenvalue weighted by atomic mass is 79.9. The maximum absolute atomic E-state index is 13.3. The van der Waals surface area contributed by atoms with Gasteiger partial charge < -0.3 is 5.32 Å². The van der Waals surface area contributed by atoms with Crippen LogP contribution in [0.25, 0.3) is 16.6 Å². The van der Waals surface area contributed by atoms with Crippen molar-refractivity contribution in [2.24, 2.45) is 0 Å². The fraction of sp³-hybridized carbons (Fsp3) is 0.167. The first-order chi connectivity index (χ1) is 14.6. The van der Waals surface area contributed by atoms with Crippen LogP contribution in [-0.2, 0) is 0 Å². The van der Waals surface area contributed by atoms with E-state index in [9.17, 15) is 9.18 Å². The summed E-state index contributed by atoms with van der Waals surface area (Å²) in [6.45, 7) is 2.10. The molecule has 6 heteroatoms. The molecule has 0 fully saturated rings. The predicted octanol–water partition coefficient (Wildman–Crippen LogP) is 6.20. The highest BCUT2D eigenvalue weighted by Gasteiger charge is 2.18. The van der Waals surface area contributed by atoms with Crippen LogP contribution in [0.5, 0.6) is 0 Å². The number of hydrogen-bond donors (Lipinski definition) is 1. The minimum Gasteiger partial charge on any atom is -0.345 e. The average Bonchev–Trinajstić information content (AvgIpc) is 3.18. The topological polar surface area (TPSA) is 46.9 Å². The Hall–Kier alpha value is -2.99. The molecule has 152 valence electrons. The number of aromatic nitrogens is 2. The molecule has 4 nitrogen and oxygen atoms in total. The Morgan fingerprint density at radius 1 is 1.13 bits per heavy atom. The van der Waals surface area contributed by atoms with Crippen LogP contribution in [0.15, 0.2) is 77.4 Å². The zero-order valence-corrected chi connectivity index (χ0v) is 18.1. The van der Waals surface area contributed by atoms with Gasteiger partial charge in [0.15, 0.2) is 0 Å². The molecule has 0 saturated carbocycles. The van der Waals surface area contributed by atoms with Crippen molar-refractivity contribution in [3.8, 4) is 5.69 Å². The summed E-state index contributed by atoms with van der Waals surface area (Å²) in [6.07, 6.45) is 3.47. The lowest BCUT2D eigenvalue weighted by atomic mass is 10.0. The SMILES string of the molecule is CCC[C@@H](NC(=O)c1cccc2c1cnn2-c1ccc(F)cc1)c1cccc(Br)c1. The van der Waals surface area contributed by atoms with Crippen LogP contribution in [0.1, 0.15) is 41.7 Å². The largest absolute Gasteiger partial charge is 0.345 e. The Labute approximate surface area is 182 Å². The fourth-order valence-electron chi connectivity index (χ4n) is 3.61. The van der Waals surface area contributed by atoms with Crippen LogP contribution in [0, 0.1) is 5.82 Å². The Bertz CT molecular complexity index is 1190. The highest BCUT2D eigenvalue weighted by molar-refractivity contribution is 9.10. The maximum Gasteiger partial charge on any atom is 0.252 e. The van der Waals surface area contributed by atoms with Gasteiger partial charge in [0, 0.05) is 9.86 Å². The summed E-state index contributed by atoms with van der Waals surface area (Å²) in [4.78, 5) is 13.2. The molecule has 0 radical (unpaired) electrons. The number of nitrogens with one attached hydrogen (secondary N) is 1. The first-order valence-electron chi connectivity index (χ1n) is 9.86. The van der Waals surface area contributed by atoms with Gasteiger partial charge in [0.2, 0.25) is 0 Å². The molecule has 1 atom stereocenters. The van der Waals surface area contributed by atoms with Crippen molar-refractivity contribution in [2.45, 2.75) is 25.8 Å². The molecule has 4 aromatic rings. The van der Waals surface area contributed by atoms with Gasteiger partial charge in [-0.05, 0) is 60.5 Å². The molecule has 0 spiro atoms. The third-order valence-electron chi connectivity index (χ3n) is 5.06. The molecule has 0 saturated heterocycles. The van der Waals surface area contributed by atoms with E-state index in [0.717, 1.165) is 39.5 Å². The van der Waals surface area contributed by atoms with E-state index in [1.807, 2.05) is 36.4 Å². The molecule has 30 heavy (non-hydrogen) atoms. The fourth-order valence-corrected chi connectivity index (χ4v) is 4.02. The second-order valence-electron chi connectivity index (χ2n) is 7.14. The zero-order chi connectivity index (χ0) is 21.1. The molecule has 4 rings (SSSR count). The van der Waals surface area contributed by atoms with Gasteiger partial charge in [-0.1, -0.05) is 47.5 Å². The minimum absolute atomic E-state index is 0.0811. The lowest BCUT2D eigenvalue weighted by Crippen LogP contribution is -2.28. The van der Waals surface area contributed by atoms with Crippen molar-refractivity contribution in [2.75, 3.05) is 0 Å². The van der Waals surface area contributed by atoms with E-state index in [2.05, 4.69) is 33.3 Å². The number of halogens is 2. The van der Waals surface area contributed by atoms with Crippen molar-refractivity contribution in [3.05, 3.63) is 94.3 Å². The van der Waals surface area contributed by atoms with Gasteiger partial charge in [0.1, 0.15) is 5.82 Å². The minimum atomic E-state index is -0.301. The standard InChI is InChI=1S/C24H21BrFN3O/c1-2-5-22(16-6-3-7-17(25)14-16)28-24(30)20-8-4-9-23-21(20)15-27-29(23)19-12-10-18(26)11-13-19/h3-4,6-15,22H,2,5H2,1H3,(H,28,30)/t22-/m1/s1. The molecule has 3 aromatic carbocycles. The van der Waals surface area contributed by atoms with Crippen molar-refractivity contribution in [3.63, 3.8) is 0 Å². The summed E-state index contributed by atoms with van der Waals surface area (Å²) >= 11 is 3.51. The van der Waals surface area contributed by atoms with Gasteiger partial charge in [-0.15, -0.1) is 0 Å². The van der Waals surface area contributed by atoms with E-state index < -0.39 is 0 Å². The molecular formula is C24H21BrFN3O. The normalized spacial score (nSPS) is 12.1. The predicted molar refractivity (Wildman–Crippen MR) is 120 cm³/mol. The Morgan fingerprint density at radius 3 is 2.63 bits per heavy atom. The molecule has 0 aliphatic rings. The van der Waals surface area contributed by atoms with Gasteiger partial charge in [0.05, 0.1) is 29.0 Å². The van der Waals surface area contributed by atoms with Crippen molar-refractivity contribution < 1.29 is 9.18 Å². The third kappa shape index (κ3) is 4.14. The van der Waals surface area contributed by atoms with E-state index in [0.29, 0.717) is 5.56 Å². The highest BCUT2D eigenvalue weighted by Crippen LogP contribution is 2.25. The number of benzene rings is 3. The molecule has 0 aliphatic carbocycles. The molecule has 1 N–H and O–H groups in total. The van der Waals surface area contributed by atoms with Crippen molar-refractivity contribution >= 4 is 32.7 Å². The van der Waals surface area contributed by atoms with Gasteiger partial charge in [-0.3, -0.25) is 4.79 Å². The number of hydrogen-bond acceptors (Lipinski definition) is 2. The van der Waals surface area contributed by atoms with E-state index in [-0.39, 0.29) is 17.8 Å². The monoisotopic (exact) mass is 465 g/mol. The molecule has 0 bridgehead atoms. The number of fused-ring (bicyclic) bond motifs is 1. The van der Waals surface area contributed by atoms with Crippen LogP contribution in [0.4, 0.5) is 4.39 Å². The molecule has 0 aliphatic heterocycles. The summed E-state index contributed by atoms with van der Waals surface area (Å²) in [5.41, 5.74) is 3.16. The van der Waals surface area contributed by atoms with Gasteiger partial charge in [0.25, 0.3) is 5.91 Å². The number of carbonyl (C=O) groups is 1. The molecule has 1 heterocycles. The summed E-state index contributed by atoms with van der Waals surface area (Å²) < 4.78 is 16.0. The Morgan fingerprint density at radius 2 is 1.90 bits per heavy atom. The van der Waals surface area contributed by atoms with E-state index >= 15 is 0 Å². The van der Waals surface area contributed by atoms with Gasteiger partial charge in [-0.2, -0.15) is 5.10 Å². The van der Waals surface area contributed by atoms with Crippen LogP contribution in [-0.4, -0.2) is 15.7 Å². The van der Waals surface area contributed by atoms with Gasteiger partial charge >= 0.3 is 0 Å². The molecule has 1 amide bonds. The Kier molecular flexibility index (Phi) is 5.95. The number of nitrogens with zero attached hydrogens (tertiary/aromatic N) is 2. The smallest absolute Gasteiger partial charge is 0.252 e. The lowest BCUT2D eigenvalue weighted by Gasteiger charge is -2.19. The first-order valence-corrected chi connectivity index (χ1v) is 10.6. The zero-order valence-electron chi connectivity index (χ0n) is 16.5. The van der Waals surface area contributed by atoms with E-state index in [4.69, 9.17) is 0 Å². The van der Waals surface area contributed by atoms with Crippen LogP contribution in [0.3, 0.4) is 0 Å². The van der Waals surface area contributed by atoms with Crippen molar-refractivity contribution in [1.29, 1.82) is 0 Å². The van der Waals surface area contributed by atoms with Crippen molar-refractivity contribution in [1.82, 2.24) is 15.1 Å². The Balaban J connectivity index is 1.67. The molecule has 1 aromatic heterocycles. The molecule has 0 unspecified atom stereocenters. The summed E-state index contributed by atoms with van der Waals surface area (Å²) in [5, 5.41) is 8.37. The summed E-state index contributed by atoms with van der Waals surface area (Å²) in [7, 11) is 0. The molecular weight excluding hydrogens is 445 g/mol. The number of rotatable bonds is 6. The first kappa shape index (κ1) is 20.3. The number of carbonyl (C=O) groups excluding carboxylic acids is 1. The number of amides is 1. The second-order valence-corrected chi connectivity index (χ2v) is 8.06. The van der Waals surface area contributed by atoms with E-state index in [1.54, 1.807) is 29.1 Å². The van der Waals surface area contributed by atoms with E-state index in [1.165, 1.54) is 12.1 Å². The quantitative estimate of drug-likeness (QED) is 0.368. The maximum atomic E-state index is 13.3. The summed E-state index contributed by atoms with van der Waals surface area (Å²) in [5.74, 6) is -0.442. The van der Waals surface area contributed by atoms with Crippen LogP contribution in [0.2, 0.25) is 0 Å². The van der Waals surface area contributed by atoms with Crippen LogP contribution >= 0.6 is 15.9 Å². The van der Waals surface area contributed by atoms with Crippen LogP contribution < -0.4 is 5.32 Å². The lowest BCUT2D eigenvalue weighted by molar-refractivity contribution is 0.0936. The third-order valence-corrected chi connectivity index (χ3v) is 5.56.